The summed E-state index contributed by atoms with van der Waals surface area (Å²) < 4.78 is 14.3. The first kappa shape index (κ1) is 30.1. The average Bonchev–Trinajstić information content (AvgIpc) is 3.38. The molecule has 11 heteroatoms. The third-order valence-electron chi connectivity index (χ3n) is 7.49. The van der Waals surface area contributed by atoms with Gasteiger partial charge in [0.15, 0.2) is 23.1 Å². The predicted octanol–water partition coefficient (Wildman–Crippen LogP) is 6.07. The zero-order valence-corrected chi connectivity index (χ0v) is 25.8. The maximum atomic E-state index is 13.1. The largest absolute Gasteiger partial charge is 0.484 e. The van der Waals surface area contributed by atoms with Gasteiger partial charge in [-0.3, -0.25) is 14.5 Å². The number of benzene rings is 1. The molecule has 3 aromatic heterocycles. The van der Waals surface area contributed by atoms with Crippen molar-refractivity contribution in [3.05, 3.63) is 77.1 Å². The van der Waals surface area contributed by atoms with Crippen molar-refractivity contribution in [3.8, 4) is 5.75 Å². The molecule has 0 spiro atoms. The van der Waals surface area contributed by atoms with Crippen LogP contribution in [-0.2, 0) is 15.8 Å². The topological polar surface area (TPSA) is 133 Å². The number of anilines is 1. The van der Waals surface area contributed by atoms with Crippen LogP contribution >= 0.6 is 0 Å². The van der Waals surface area contributed by atoms with E-state index in [4.69, 9.17) is 9.47 Å². The molecular formula is C32H39N7O4. The molecule has 43 heavy (non-hydrogen) atoms. The Morgan fingerprint density at radius 1 is 1.00 bits per heavy atom. The molecule has 3 heterocycles. The smallest absolute Gasteiger partial charge is 0.320 e. The molecule has 0 aliphatic heterocycles. The summed E-state index contributed by atoms with van der Waals surface area (Å²) in [6.45, 7) is 13.8. The van der Waals surface area contributed by atoms with Gasteiger partial charge in [0.1, 0.15) is 23.3 Å². The molecule has 1 aliphatic rings. The molecule has 2 atom stereocenters. The Bertz CT molecular complexity index is 1660. The van der Waals surface area contributed by atoms with Crippen molar-refractivity contribution < 1.29 is 19.1 Å². The van der Waals surface area contributed by atoms with Crippen molar-refractivity contribution in [2.24, 2.45) is 0 Å². The minimum atomic E-state index is -0.614. The van der Waals surface area contributed by atoms with Crippen molar-refractivity contribution in [3.63, 3.8) is 0 Å². The van der Waals surface area contributed by atoms with Crippen molar-refractivity contribution in [1.29, 1.82) is 0 Å². The number of carbonyl (C=O) groups is 2. The van der Waals surface area contributed by atoms with E-state index < -0.39 is 11.6 Å². The van der Waals surface area contributed by atoms with Gasteiger partial charge in [-0.1, -0.05) is 45.0 Å². The molecular weight excluding hydrogens is 546 g/mol. The Labute approximate surface area is 251 Å². The summed E-state index contributed by atoms with van der Waals surface area (Å²) in [5.74, 6) is 1.47. The number of ether oxygens (including phenoxy) is 2. The number of ketones is 1. The number of hydrogen-bond donors (Lipinski definition) is 2. The van der Waals surface area contributed by atoms with Crippen LogP contribution in [-0.4, -0.2) is 43.0 Å². The van der Waals surface area contributed by atoms with Gasteiger partial charge in [0.05, 0.1) is 17.9 Å². The summed E-state index contributed by atoms with van der Waals surface area (Å²) in [5.41, 5.74) is 2.44. The Morgan fingerprint density at radius 2 is 1.74 bits per heavy atom. The highest BCUT2D eigenvalue weighted by atomic mass is 16.5. The number of aromatic nitrogens is 5. The molecule has 2 N–H and O–H groups in total. The number of urea groups is 1. The number of nitrogens with zero attached hydrogens (tertiary/aromatic N) is 5. The number of rotatable bonds is 8. The maximum Gasteiger partial charge on any atom is 0.320 e. The van der Waals surface area contributed by atoms with Gasteiger partial charge < -0.3 is 14.8 Å². The van der Waals surface area contributed by atoms with Crippen LogP contribution in [0.15, 0.2) is 48.7 Å². The van der Waals surface area contributed by atoms with Crippen LogP contribution in [0.2, 0.25) is 0 Å². The number of Topliss-reactive ketones (excluding diaryl/α,β-unsaturated/α-hetero) is 1. The van der Waals surface area contributed by atoms with Crippen molar-refractivity contribution >= 4 is 23.3 Å². The molecule has 0 saturated carbocycles. The maximum absolute atomic E-state index is 13.1. The van der Waals surface area contributed by atoms with Crippen LogP contribution in [0.3, 0.4) is 0 Å². The van der Waals surface area contributed by atoms with Gasteiger partial charge in [-0.15, -0.1) is 10.2 Å². The zero-order valence-electron chi connectivity index (χ0n) is 25.8. The minimum absolute atomic E-state index is 0.0731. The molecule has 5 rings (SSSR count). The number of pyridine rings is 1. The van der Waals surface area contributed by atoms with E-state index in [2.05, 4.69) is 30.8 Å². The first-order chi connectivity index (χ1) is 20.4. The highest BCUT2D eigenvalue weighted by molar-refractivity contribution is 5.92. The number of fused-ring (bicyclic) bond motifs is 2. The van der Waals surface area contributed by atoms with E-state index >= 15 is 0 Å². The van der Waals surface area contributed by atoms with Gasteiger partial charge in [-0.05, 0) is 56.9 Å². The Kier molecular flexibility index (Phi) is 8.20. The van der Waals surface area contributed by atoms with Gasteiger partial charge in [-0.2, -0.15) is 0 Å². The van der Waals surface area contributed by atoms with Gasteiger partial charge in [0.25, 0.3) is 0 Å². The second kappa shape index (κ2) is 11.7. The Balaban J connectivity index is 1.34. The summed E-state index contributed by atoms with van der Waals surface area (Å²) in [5, 5.41) is 14.6. The number of amides is 2. The van der Waals surface area contributed by atoms with Crippen molar-refractivity contribution in [2.75, 3.05) is 11.9 Å². The van der Waals surface area contributed by atoms with Crippen molar-refractivity contribution in [2.45, 2.75) is 84.5 Å². The highest BCUT2D eigenvalue weighted by Gasteiger charge is 2.31. The van der Waals surface area contributed by atoms with Gasteiger partial charge in [-0.25, -0.2) is 14.8 Å². The summed E-state index contributed by atoms with van der Waals surface area (Å²) in [7, 11) is 0. The molecule has 11 nitrogen and oxygen atoms in total. The van der Waals surface area contributed by atoms with E-state index in [-0.39, 0.29) is 35.0 Å². The van der Waals surface area contributed by atoms with E-state index in [0.717, 1.165) is 11.1 Å². The minimum Gasteiger partial charge on any atom is -0.484 e. The molecule has 0 fully saturated rings. The van der Waals surface area contributed by atoms with Gasteiger partial charge in [0.2, 0.25) is 0 Å². The number of hydrogen-bond acceptors (Lipinski definition) is 8. The molecule has 2 amide bonds. The van der Waals surface area contributed by atoms with Crippen LogP contribution in [0.1, 0.15) is 107 Å². The first-order valence-electron chi connectivity index (χ1n) is 14.6. The molecule has 0 bridgehead atoms. The molecule has 1 aromatic carbocycles. The quantitative estimate of drug-likeness (QED) is 0.238. The molecule has 4 aromatic rings. The summed E-state index contributed by atoms with van der Waals surface area (Å²) >= 11 is 0. The fourth-order valence-corrected chi connectivity index (χ4v) is 5.33. The Morgan fingerprint density at radius 3 is 2.44 bits per heavy atom. The lowest BCUT2D eigenvalue weighted by Gasteiger charge is -2.32. The fourth-order valence-electron chi connectivity index (χ4n) is 5.33. The second-order valence-corrected chi connectivity index (χ2v) is 12.3. The first-order valence-corrected chi connectivity index (χ1v) is 14.6. The third kappa shape index (κ3) is 6.51. The standard InChI is InChI=1S/C32H39N7O4/c1-8-42-32(6,7)29-38-37-27-16-13-20(18-39(27)29)43-24-15-14-23(21-11-9-10-12-22(21)24)33-30(41)36-26-17-25(31(3,4)5)34-28(35-26)19(2)40/h9-13,16-18,23-24H,8,14-15H2,1-7H3,(H2,33,34,35,36,41)/t23-,24+/m0/s1. The van der Waals surface area contributed by atoms with Gasteiger partial charge >= 0.3 is 6.03 Å². The molecule has 0 saturated heterocycles. The summed E-state index contributed by atoms with van der Waals surface area (Å²) in [6.07, 6.45) is 3.05. The van der Waals surface area contributed by atoms with E-state index in [1.54, 1.807) is 6.07 Å². The molecule has 1 aliphatic carbocycles. The lowest BCUT2D eigenvalue weighted by molar-refractivity contribution is -0.0215. The van der Waals surface area contributed by atoms with Crippen molar-refractivity contribution in [1.82, 2.24) is 29.9 Å². The lowest BCUT2D eigenvalue weighted by atomic mass is 9.85. The van der Waals surface area contributed by atoms with Crippen LogP contribution < -0.4 is 15.4 Å². The van der Waals surface area contributed by atoms with Gasteiger partial charge in [0, 0.05) is 25.0 Å². The summed E-state index contributed by atoms with van der Waals surface area (Å²) in [4.78, 5) is 33.8. The SMILES string of the molecule is CCOC(C)(C)c1nnc2ccc(O[C@@H]3CC[C@H](NC(=O)Nc4cc(C(C)(C)C)nc(C(C)=O)n4)c4ccccc43)cn12. The molecule has 0 unspecified atom stereocenters. The highest BCUT2D eigenvalue weighted by Crippen LogP contribution is 2.39. The monoisotopic (exact) mass is 585 g/mol. The average molecular weight is 586 g/mol. The lowest BCUT2D eigenvalue weighted by Crippen LogP contribution is -2.36. The van der Waals surface area contributed by atoms with Crippen LogP contribution in [0, 0.1) is 0 Å². The molecule has 0 radical (unpaired) electrons. The third-order valence-corrected chi connectivity index (χ3v) is 7.49. The predicted molar refractivity (Wildman–Crippen MR) is 162 cm³/mol. The van der Waals surface area contributed by atoms with E-state index in [1.165, 1.54) is 6.92 Å². The van der Waals surface area contributed by atoms with Crippen LogP contribution in [0.4, 0.5) is 10.6 Å². The van der Waals surface area contributed by atoms with E-state index in [0.29, 0.717) is 42.4 Å². The Hall–Kier alpha value is -4.38. The number of carbonyl (C=O) groups excluding carboxylic acids is 2. The molecule has 226 valence electrons. The normalized spacial score (nSPS) is 16.9. The van der Waals surface area contributed by atoms with Crippen LogP contribution in [0.5, 0.6) is 5.75 Å². The zero-order chi connectivity index (χ0) is 30.9. The number of nitrogens with one attached hydrogen (secondary N) is 2. The van der Waals surface area contributed by atoms with Crippen LogP contribution in [0.25, 0.3) is 5.65 Å². The fraction of sp³-hybridized carbons (Fsp3) is 0.438. The van der Waals surface area contributed by atoms with E-state index in [1.807, 2.05) is 88.5 Å². The van der Waals surface area contributed by atoms with E-state index in [9.17, 15) is 9.59 Å². The second-order valence-electron chi connectivity index (χ2n) is 12.3. The summed E-state index contributed by atoms with van der Waals surface area (Å²) in [6, 6.07) is 12.8.